The van der Waals surface area contributed by atoms with Gasteiger partial charge in [-0.2, -0.15) is 4.98 Å². The molecule has 2 aromatic rings. The first-order chi connectivity index (χ1) is 11.8. The fourth-order valence-electron chi connectivity index (χ4n) is 3.94. The van der Waals surface area contributed by atoms with Crippen molar-refractivity contribution in [2.45, 2.75) is 57.9 Å². The molecule has 1 aromatic heterocycles. The van der Waals surface area contributed by atoms with E-state index in [9.17, 15) is 0 Å². The van der Waals surface area contributed by atoms with Gasteiger partial charge in [0.15, 0.2) is 0 Å². The summed E-state index contributed by atoms with van der Waals surface area (Å²) in [5.41, 5.74) is 3.69. The van der Waals surface area contributed by atoms with Crippen LogP contribution >= 0.6 is 0 Å². The van der Waals surface area contributed by atoms with Crippen LogP contribution in [0.5, 0.6) is 0 Å². The van der Waals surface area contributed by atoms with Crippen LogP contribution in [0, 0.1) is 6.92 Å². The molecule has 24 heavy (non-hydrogen) atoms. The van der Waals surface area contributed by atoms with Gasteiger partial charge in [0.05, 0.1) is 0 Å². The highest BCUT2D eigenvalue weighted by Gasteiger charge is 2.21. The molecule has 1 saturated carbocycles. The van der Waals surface area contributed by atoms with Crippen LogP contribution in [-0.4, -0.2) is 22.6 Å². The van der Waals surface area contributed by atoms with E-state index in [4.69, 9.17) is 9.97 Å². The zero-order valence-electron chi connectivity index (χ0n) is 14.5. The van der Waals surface area contributed by atoms with Crippen LogP contribution in [0.15, 0.2) is 30.3 Å². The van der Waals surface area contributed by atoms with Crippen molar-refractivity contribution in [2.75, 3.05) is 16.8 Å². The van der Waals surface area contributed by atoms with Crippen molar-refractivity contribution in [1.29, 1.82) is 0 Å². The molecular weight excluding hydrogens is 296 g/mol. The third-order valence-corrected chi connectivity index (χ3v) is 5.15. The second kappa shape index (κ2) is 6.80. The lowest BCUT2D eigenvalue weighted by Gasteiger charge is -2.30. The van der Waals surface area contributed by atoms with E-state index in [1.54, 1.807) is 0 Å². The fraction of sp³-hybridized carbons (Fsp3) is 0.500. The van der Waals surface area contributed by atoms with Gasteiger partial charge in [0.25, 0.3) is 0 Å². The van der Waals surface area contributed by atoms with Crippen molar-refractivity contribution < 1.29 is 0 Å². The zero-order chi connectivity index (χ0) is 16.4. The number of rotatable bonds is 3. The van der Waals surface area contributed by atoms with Gasteiger partial charge in [0.2, 0.25) is 5.95 Å². The van der Waals surface area contributed by atoms with E-state index in [1.807, 2.05) is 0 Å². The summed E-state index contributed by atoms with van der Waals surface area (Å²) < 4.78 is 0. The quantitative estimate of drug-likeness (QED) is 0.895. The van der Waals surface area contributed by atoms with Crippen LogP contribution in [0.4, 0.5) is 17.5 Å². The van der Waals surface area contributed by atoms with Crippen molar-refractivity contribution >= 4 is 17.5 Å². The first-order valence-electron chi connectivity index (χ1n) is 9.27. The number of hydrogen-bond acceptors (Lipinski definition) is 4. The van der Waals surface area contributed by atoms with Crippen LogP contribution < -0.4 is 10.2 Å². The van der Waals surface area contributed by atoms with E-state index >= 15 is 0 Å². The standard InChI is InChI=1S/C20H26N4/c1-15-14-19(22-17-10-3-2-4-11-17)23-20(21-15)24-13-7-9-16-8-5-6-12-18(16)24/h5-6,8,12,14,17H,2-4,7,9-11,13H2,1H3,(H,21,22,23). The highest BCUT2D eigenvalue weighted by Crippen LogP contribution is 2.32. The van der Waals surface area contributed by atoms with Crippen molar-refractivity contribution in [3.63, 3.8) is 0 Å². The topological polar surface area (TPSA) is 41.1 Å². The normalized spacial score (nSPS) is 18.3. The largest absolute Gasteiger partial charge is 0.367 e. The van der Waals surface area contributed by atoms with Crippen LogP contribution in [0.25, 0.3) is 0 Å². The van der Waals surface area contributed by atoms with Crippen molar-refractivity contribution in [3.05, 3.63) is 41.6 Å². The first-order valence-corrected chi connectivity index (χ1v) is 9.27. The minimum absolute atomic E-state index is 0.564. The lowest BCUT2D eigenvalue weighted by Crippen LogP contribution is -2.27. The lowest BCUT2D eigenvalue weighted by molar-refractivity contribution is 0.462. The Morgan fingerprint density at radius 1 is 1.04 bits per heavy atom. The molecule has 2 aliphatic rings. The van der Waals surface area contributed by atoms with Crippen LogP contribution in [0.3, 0.4) is 0 Å². The average Bonchev–Trinajstić information content (AvgIpc) is 2.61. The Labute approximate surface area is 144 Å². The van der Waals surface area contributed by atoms with E-state index in [0.717, 1.165) is 36.8 Å². The highest BCUT2D eigenvalue weighted by atomic mass is 15.3. The van der Waals surface area contributed by atoms with Crippen LogP contribution in [0.1, 0.15) is 49.8 Å². The van der Waals surface area contributed by atoms with Gasteiger partial charge < -0.3 is 10.2 Å². The lowest BCUT2D eigenvalue weighted by atomic mass is 9.95. The predicted octanol–water partition coefficient (Wildman–Crippen LogP) is 4.61. The van der Waals surface area contributed by atoms with Gasteiger partial charge >= 0.3 is 0 Å². The Balaban J connectivity index is 1.62. The summed E-state index contributed by atoms with van der Waals surface area (Å²) in [7, 11) is 0. The van der Waals surface area contributed by atoms with Crippen molar-refractivity contribution in [1.82, 2.24) is 9.97 Å². The molecule has 126 valence electrons. The third-order valence-electron chi connectivity index (χ3n) is 5.15. The molecule has 1 aromatic carbocycles. The minimum Gasteiger partial charge on any atom is -0.367 e. The fourth-order valence-corrected chi connectivity index (χ4v) is 3.94. The molecule has 4 nitrogen and oxygen atoms in total. The smallest absolute Gasteiger partial charge is 0.232 e. The third kappa shape index (κ3) is 3.23. The van der Waals surface area contributed by atoms with E-state index in [1.165, 1.54) is 43.4 Å². The molecule has 1 aliphatic carbocycles. The van der Waals surface area contributed by atoms with Gasteiger partial charge in [-0.15, -0.1) is 0 Å². The Morgan fingerprint density at radius 2 is 1.88 bits per heavy atom. The number of aromatic nitrogens is 2. The van der Waals surface area contributed by atoms with E-state index < -0.39 is 0 Å². The Kier molecular flexibility index (Phi) is 4.37. The summed E-state index contributed by atoms with van der Waals surface area (Å²) in [5, 5.41) is 3.65. The maximum Gasteiger partial charge on any atom is 0.232 e. The van der Waals surface area contributed by atoms with Crippen LogP contribution in [-0.2, 0) is 6.42 Å². The summed E-state index contributed by atoms with van der Waals surface area (Å²) >= 11 is 0. The molecule has 4 heteroatoms. The second-order valence-corrected chi connectivity index (χ2v) is 7.06. The first kappa shape index (κ1) is 15.4. The number of nitrogens with zero attached hydrogens (tertiary/aromatic N) is 3. The molecule has 0 atom stereocenters. The molecule has 1 fully saturated rings. The number of fused-ring (bicyclic) bond motifs is 1. The second-order valence-electron chi connectivity index (χ2n) is 7.06. The molecule has 0 amide bonds. The van der Waals surface area contributed by atoms with Gasteiger partial charge in [-0.25, -0.2) is 4.98 Å². The summed E-state index contributed by atoms with van der Waals surface area (Å²) in [5.74, 6) is 1.81. The highest BCUT2D eigenvalue weighted by molar-refractivity contribution is 5.64. The van der Waals surface area contributed by atoms with Gasteiger partial charge in [-0.1, -0.05) is 37.5 Å². The molecule has 1 N–H and O–H groups in total. The zero-order valence-corrected chi connectivity index (χ0v) is 14.5. The molecule has 0 radical (unpaired) electrons. The van der Waals surface area contributed by atoms with Crippen molar-refractivity contribution in [3.8, 4) is 0 Å². The number of nitrogens with one attached hydrogen (secondary N) is 1. The van der Waals surface area contributed by atoms with E-state index in [2.05, 4.69) is 47.5 Å². The summed E-state index contributed by atoms with van der Waals surface area (Å²) in [6, 6.07) is 11.3. The van der Waals surface area contributed by atoms with Crippen molar-refractivity contribution in [2.24, 2.45) is 0 Å². The minimum atomic E-state index is 0.564. The molecular formula is C20H26N4. The summed E-state index contributed by atoms with van der Waals surface area (Å²) in [4.78, 5) is 11.9. The van der Waals surface area contributed by atoms with Gasteiger partial charge in [-0.05, 0) is 44.2 Å². The van der Waals surface area contributed by atoms with Crippen LogP contribution in [0.2, 0.25) is 0 Å². The number of para-hydroxylation sites is 1. The van der Waals surface area contributed by atoms with Gasteiger partial charge in [0, 0.05) is 30.0 Å². The monoisotopic (exact) mass is 322 g/mol. The number of anilines is 3. The molecule has 4 rings (SSSR count). The predicted molar refractivity (Wildman–Crippen MR) is 99.0 cm³/mol. The number of benzene rings is 1. The van der Waals surface area contributed by atoms with E-state index in [-0.39, 0.29) is 0 Å². The average molecular weight is 322 g/mol. The SMILES string of the molecule is Cc1cc(NC2CCCCC2)nc(N2CCCc3ccccc32)n1. The summed E-state index contributed by atoms with van der Waals surface area (Å²) in [6.45, 7) is 3.05. The van der Waals surface area contributed by atoms with Gasteiger partial charge in [-0.3, -0.25) is 0 Å². The Bertz CT molecular complexity index is 707. The molecule has 0 unspecified atom stereocenters. The molecule has 0 bridgehead atoms. The molecule has 0 saturated heterocycles. The number of hydrogen-bond donors (Lipinski definition) is 1. The Morgan fingerprint density at radius 3 is 2.75 bits per heavy atom. The molecule has 1 aliphatic heterocycles. The molecule has 0 spiro atoms. The maximum absolute atomic E-state index is 4.85. The summed E-state index contributed by atoms with van der Waals surface area (Å²) in [6.07, 6.45) is 8.83. The molecule has 2 heterocycles. The van der Waals surface area contributed by atoms with E-state index in [0.29, 0.717) is 6.04 Å². The number of aryl methyl sites for hydroxylation is 2. The maximum atomic E-state index is 4.85. The Hall–Kier alpha value is -2.10. The van der Waals surface area contributed by atoms with Gasteiger partial charge in [0.1, 0.15) is 5.82 Å².